The van der Waals surface area contributed by atoms with E-state index in [1.54, 1.807) is 7.05 Å². The van der Waals surface area contributed by atoms with Crippen LogP contribution >= 0.6 is 0 Å². The van der Waals surface area contributed by atoms with Crippen LogP contribution in [0, 0.1) is 0 Å². The smallest absolute Gasteiger partial charge is 0.350 e. The van der Waals surface area contributed by atoms with Gasteiger partial charge in [0.15, 0.2) is 0 Å². The molecule has 1 aliphatic heterocycles. The molecule has 28 heavy (non-hydrogen) atoms. The van der Waals surface area contributed by atoms with Crippen LogP contribution in [-0.4, -0.2) is 46.8 Å². The highest BCUT2D eigenvalue weighted by Crippen LogP contribution is 2.39. The van der Waals surface area contributed by atoms with Gasteiger partial charge < -0.3 is 10.2 Å². The van der Waals surface area contributed by atoms with E-state index in [2.05, 4.69) is 5.32 Å². The van der Waals surface area contributed by atoms with Crippen molar-refractivity contribution in [3.05, 3.63) is 35.4 Å². The molecule has 152 valence electrons. The lowest BCUT2D eigenvalue weighted by Gasteiger charge is -2.35. The van der Waals surface area contributed by atoms with Crippen molar-refractivity contribution >= 4 is 17.8 Å². The second-order valence-electron chi connectivity index (χ2n) is 7.30. The zero-order valence-corrected chi connectivity index (χ0v) is 15.5. The molecule has 1 N–H and O–H groups in total. The Morgan fingerprint density at radius 3 is 2.50 bits per heavy atom. The number of halogens is 3. The maximum absolute atomic E-state index is 12.8. The zero-order valence-electron chi connectivity index (χ0n) is 15.5. The van der Waals surface area contributed by atoms with E-state index in [4.69, 9.17) is 0 Å². The highest BCUT2D eigenvalue weighted by molar-refractivity contribution is 6.08. The molecule has 0 radical (unpaired) electrons. The molecule has 4 amide bonds. The number of amides is 4. The minimum atomic E-state index is -4.46. The van der Waals surface area contributed by atoms with Crippen molar-refractivity contribution in [2.24, 2.45) is 0 Å². The van der Waals surface area contributed by atoms with Crippen LogP contribution in [-0.2, 0) is 22.3 Å². The van der Waals surface area contributed by atoms with Gasteiger partial charge in [-0.05, 0) is 30.5 Å². The van der Waals surface area contributed by atoms with E-state index in [-0.39, 0.29) is 18.0 Å². The summed E-state index contributed by atoms with van der Waals surface area (Å²) in [7, 11) is 1.58. The van der Waals surface area contributed by atoms with Gasteiger partial charge >= 0.3 is 12.2 Å². The lowest BCUT2D eigenvalue weighted by Crippen LogP contribution is -2.49. The Kier molecular flexibility index (Phi) is 5.36. The van der Waals surface area contributed by atoms with E-state index in [0.717, 1.165) is 36.3 Å². The molecule has 1 aliphatic carbocycles. The van der Waals surface area contributed by atoms with E-state index < -0.39 is 35.8 Å². The number of imide groups is 1. The SMILES string of the molecule is CN1C(=O)N(CC(=O)NCc2cccc(C(F)(F)F)c2)C(=O)C12CCCCC2. The van der Waals surface area contributed by atoms with Crippen molar-refractivity contribution in [2.75, 3.05) is 13.6 Å². The maximum Gasteiger partial charge on any atom is 0.416 e. The molecule has 9 heteroatoms. The molecule has 2 fully saturated rings. The average Bonchev–Trinajstić information content (AvgIpc) is 2.83. The number of carbonyl (C=O) groups excluding carboxylic acids is 3. The Labute approximate surface area is 160 Å². The molecule has 1 aromatic rings. The van der Waals surface area contributed by atoms with Crippen molar-refractivity contribution in [2.45, 2.75) is 50.4 Å². The second-order valence-corrected chi connectivity index (χ2v) is 7.30. The fourth-order valence-corrected chi connectivity index (χ4v) is 3.93. The minimum Gasteiger partial charge on any atom is -0.350 e. The molecule has 3 rings (SSSR count). The van der Waals surface area contributed by atoms with Crippen molar-refractivity contribution in [3.63, 3.8) is 0 Å². The largest absolute Gasteiger partial charge is 0.416 e. The highest BCUT2D eigenvalue weighted by Gasteiger charge is 2.55. The third-order valence-corrected chi connectivity index (χ3v) is 5.53. The maximum atomic E-state index is 12.8. The molecule has 1 saturated heterocycles. The monoisotopic (exact) mass is 397 g/mol. The average molecular weight is 397 g/mol. The van der Waals surface area contributed by atoms with Gasteiger partial charge in [0.05, 0.1) is 5.56 Å². The molecule has 2 aliphatic rings. The van der Waals surface area contributed by atoms with Crippen LogP contribution in [0.25, 0.3) is 0 Å². The quantitative estimate of drug-likeness (QED) is 0.795. The molecule has 1 spiro atoms. The molecule has 0 aromatic heterocycles. The van der Waals surface area contributed by atoms with Crippen molar-refractivity contribution < 1.29 is 27.6 Å². The van der Waals surface area contributed by atoms with Gasteiger partial charge in [-0.2, -0.15) is 13.2 Å². The van der Waals surface area contributed by atoms with Crippen LogP contribution in [0.4, 0.5) is 18.0 Å². The molecule has 1 saturated carbocycles. The number of carbonyl (C=O) groups is 3. The number of rotatable bonds is 4. The summed E-state index contributed by atoms with van der Waals surface area (Å²) in [6.45, 7) is -0.567. The van der Waals surface area contributed by atoms with E-state index in [1.165, 1.54) is 17.0 Å². The second kappa shape index (κ2) is 7.44. The van der Waals surface area contributed by atoms with Crippen LogP contribution in [0.1, 0.15) is 43.2 Å². The summed E-state index contributed by atoms with van der Waals surface area (Å²) in [6, 6.07) is 4.12. The summed E-state index contributed by atoms with van der Waals surface area (Å²) in [5, 5.41) is 2.48. The third-order valence-electron chi connectivity index (χ3n) is 5.53. The number of urea groups is 1. The summed E-state index contributed by atoms with van der Waals surface area (Å²) in [5.41, 5.74) is -1.38. The Morgan fingerprint density at radius 2 is 1.86 bits per heavy atom. The fraction of sp³-hybridized carbons (Fsp3) is 0.526. The van der Waals surface area contributed by atoms with Gasteiger partial charge in [0, 0.05) is 13.6 Å². The standard InChI is InChI=1S/C19H22F3N3O3/c1-24-17(28)25(16(27)18(24)8-3-2-4-9-18)12-15(26)23-11-13-6-5-7-14(10-13)19(20,21)22/h5-7,10H,2-4,8-9,11-12H2,1H3,(H,23,26). The van der Waals surface area contributed by atoms with Gasteiger partial charge in [-0.15, -0.1) is 0 Å². The molecule has 1 aromatic carbocycles. The predicted molar refractivity (Wildman–Crippen MR) is 94.0 cm³/mol. The summed E-state index contributed by atoms with van der Waals surface area (Å²) < 4.78 is 38.3. The molecule has 0 atom stereocenters. The minimum absolute atomic E-state index is 0.125. The molecular formula is C19H22F3N3O3. The number of hydrogen-bond donors (Lipinski definition) is 1. The number of likely N-dealkylation sites (N-methyl/N-ethyl adjacent to an activating group) is 1. The van der Waals surface area contributed by atoms with Gasteiger partial charge in [-0.25, -0.2) is 4.79 Å². The first kappa shape index (κ1) is 20.2. The first-order valence-corrected chi connectivity index (χ1v) is 9.18. The number of alkyl halides is 3. The molecule has 0 unspecified atom stereocenters. The number of nitrogens with one attached hydrogen (secondary N) is 1. The van der Waals surface area contributed by atoms with E-state index in [9.17, 15) is 27.6 Å². The van der Waals surface area contributed by atoms with Gasteiger partial charge in [-0.1, -0.05) is 31.4 Å². The lowest BCUT2D eigenvalue weighted by molar-refractivity contribution is -0.138. The van der Waals surface area contributed by atoms with E-state index in [1.807, 2.05) is 0 Å². The summed E-state index contributed by atoms with van der Waals surface area (Å²) >= 11 is 0. The fourth-order valence-electron chi connectivity index (χ4n) is 3.93. The van der Waals surface area contributed by atoms with E-state index in [0.29, 0.717) is 12.8 Å². The van der Waals surface area contributed by atoms with E-state index >= 15 is 0 Å². The summed E-state index contributed by atoms with van der Waals surface area (Å²) in [5.74, 6) is -0.964. The number of benzene rings is 1. The first-order chi connectivity index (χ1) is 13.1. The summed E-state index contributed by atoms with van der Waals surface area (Å²) in [4.78, 5) is 39.9. The van der Waals surface area contributed by atoms with Gasteiger partial charge in [0.1, 0.15) is 12.1 Å². The van der Waals surface area contributed by atoms with Gasteiger partial charge in [0.2, 0.25) is 5.91 Å². The Morgan fingerprint density at radius 1 is 1.18 bits per heavy atom. The molecular weight excluding hydrogens is 375 g/mol. The van der Waals surface area contributed by atoms with Crippen molar-refractivity contribution in [1.82, 2.24) is 15.1 Å². The molecule has 1 heterocycles. The lowest BCUT2D eigenvalue weighted by atomic mass is 9.81. The predicted octanol–water partition coefficient (Wildman–Crippen LogP) is 2.92. The topological polar surface area (TPSA) is 69.7 Å². The third kappa shape index (κ3) is 3.70. The van der Waals surface area contributed by atoms with Crippen LogP contribution in [0.5, 0.6) is 0 Å². The first-order valence-electron chi connectivity index (χ1n) is 9.18. The van der Waals surface area contributed by atoms with Gasteiger partial charge in [-0.3, -0.25) is 14.5 Å². The van der Waals surface area contributed by atoms with Crippen molar-refractivity contribution in [3.8, 4) is 0 Å². The Bertz CT molecular complexity index is 788. The number of hydrogen-bond acceptors (Lipinski definition) is 3. The molecule has 0 bridgehead atoms. The normalized spacial score (nSPS) is 19.4. The van der Waals surface area contributed by atoms with Crippen LogP contribution in [0.15, 0.2) is 24.3 Å². The van der Waals surface area contributed by atoms with Crippen molar-refractivity contribution in [1.29, 1.82) is 0 Å². The van der Waals surface area contributed by atoms with Crippen LogP contribution in [0.2, 0.25) is 0 Å². The van der Waals surface area contributed by atoms with Crippen LogP contribution < -0.4 is 5.32 Å². The number of nitrogens with zero attached hydrogens (tertiary/aromatic N) is 2. The Hall–Kier alpha value is -2.58. The zero-order chi connectivity index (χ0) is 20.5. The Balaban J connectivity index is 1.62. The van der Waals surface area contributed by atoms with Crippen LogP contribution in [0.3, 0.4) is 0 Å². The summed E-state index contributed by atoms with van der Waals surface area (Å²) in [6.07, 6.45) is -0.605. The van der Waals surface area contributed by atoms with Gasteiger partial charge in [0.25, 0.3) is 5.91 Å². The highest BCUT2D eigenvalue weighted by atomic mass is 19.4. The molecule has 6 nitrogen and oxygen atoms in total.